The summed E-state index contributed by atoms with van der Waals surface area (Å²) in [4.78, 5) is 15.7. The number of hydrogen-bond donors (Lipinski definition) is 0. The highest BCUT2D eigenvalue weighted by Gasteiger charge is 2.35. The van der Waals surface area contributed by atoms with Crippen LogP contribution in [0.4, 0.5) is 0 Å². The summed E-state index contributed by atoms with van der Waals surface area (Å²) >= 11 is 0. The second kappa shape index (κ2) is 15.0. The van der Waals surface area contributed by atoms with Gasteiger partial charge in [0.15, 0.2) is 17.5 Å². The number of aromatic nitrogens is 4. The molecule has 64 heavy (non-hydrogen) atoms. The molecule has 0 saturated heterocycles. The second-order valence-corrected chi connectivity index (χ2v) is 17.2. The third kappa shape index (κ3) is 6.26. The highest BCUT2D eigenvalue weighted by Crippen LogP contribution is 2.50. The molecule has 0 fully saturated rings. The Morgan fingerprint density at radius 1 is 0.328 bits per heavy atom. The van der Waals surface area contributed by atoms with Crippen LogP contribution in [0.25, 0.3) is 106 Å². The van der Waals surface area contributed by atoms with Gasteiger partial charge in [-0.15, -0.1) is 0 Å². The van der Waals surface area contributed by atoms with E-state index < -0.39 is 0 Å². The van der Waals surface area contributed by atoms with E-state index in [4.69, 9.17) is 15.0 Å². The molecule has 0 spiro atoms. The van der Waals surface area contributed by atoms with Gasteiger partial charge in [0.1, 0.15) is 0 Å². The summed E-state index contributed by atoms with van der Waals surface area (Å²) in [5.74, 6) is 1.86. The Morgan fingerprint density at radius 3 is 1.47 bits per heavy atom. The zero-order valence-electron chi connectivity index (χ0n) is 35.6. The van der Waals surface area contributed by atoms with Crippen molar-refractivity contribution in [3.63, 3.8) is 0 Å². The van der Waals surface area contributed by atoms with Gasteiger partial charge in [0.25, 0.3) is 0 Å². The van der Waals surface area contributed by atoms with E-state index in [1.165, 1.54) is 49.7 Å². The van der Waals surface area contributed by atoms with Crippen LogP contribution in [-0.4, -0.2) is 19.5 Å². The Hall–Kier alpha value is -8.21. The van der Waals surface area contributed by atoms with Gasteiger partial charge in [0.05, 0.1) is 11.0 Å². The molecule has 302 valence electrons. The van der Waals surface area contributed by atoms with Gasteiger partial charge in [-0.1, -0.05) is 196 Å². The normalized spacial score (nSPS) is 12.7. The fraction of sp³-hybridized carbons (Fsp3) is 0.0500. The van der Waals surface area contributed by atoms with E-state index in [1.54, 1.807) is 0 Å². The van der Waals surface area contributed by atoms with Gasteiger partial charge < -0.3 is 4.57 Å². The molecule has 0 atom stereocenters. The monoisotopic (exact) mass is 818 g/mol. The van der Waals surface area contributed by atoms with E-state index in [-0.39, 0.29) is 5.41 Å². The molecule has 4 heteroatoms. The van der Waals surface area contributed by atoms with Crippen LogP contribution < -0.4 is 0 Å². The van der Waals surface area contributed by atoms with Crippen molar-refractivity contribution in [1.29, 1.82) is 0 Å². The van der Waals surface area contributed by atoms with E-state index in [0.717, 1.165) is 50.1 Å². The fourth-order valence-electron chi connectivity index (χ4n) is 9.83. The fourth-order valence-corrected chi connectivity index (χ4v) is 9.83. The molecular weight excluding hydrogens is 777 g/mol. The van der Waals surface area contributed by atoms with Crippen molar-refractivity contribution in [2.75, 3.05) is 0 Å². The molecule has 2 aromatic heterocycles. The maximum Gasteiger partial charge on any atom is 0.164 e. The molecule has 0 saturated carbocycles. The maximum absolute atomic E-state index is 5.31. The van der Waals surface area contributed by atoms with E-state index in [0.29, 0.717) is 17.5 Å². The summed E-state index contributed by atoms with van der Waals surface area (Å²) in [5, 5.41) is 2.37. The highest BCUT2D eigenvalue weighted by molar-refractivity contribution is 6.17. The van der Waals surface area contributed by atoms with Crippen molar-refractivity contribution in [3.05, 3.63) is 230 Å². The summed E-state index contributed by atoms with van der Waals surface area (Å²) in [5.41, 5.74) is 18.1. The van der Waals surface area contributed by atoms with Crippen molar-refractivity contribution >= 4 is 21.8 Å². The van der Waals surface area contributed by atoms with Crippen LogP contribution >= 0.6 is 0 Å². The molecule has 0 radical (unpaired) electrons. The molecule has 2 heterocycles. The average Bonchev–Trinajstić information content (AvgIpc) is 3.82. The third-order valence-electron chi connectivity index (χ3n) is 13.1. The molecule has 0 unspecified atom stereocenters. The van der Waals surface area contributed by atoms with E-state index in [9.17, 15) is 0 Å². The number of nitrogens with zero attached hydrogens (tertiary/aromatic N) is 4. The molecule has 9 aromatic carbocycles. The Balaban J connectivity index is 1.13. The van der Waals surface area contributed by atoms with Crippen LogP contribution in [0.3, 0.4) is 0 Å². The summed E-state index contributed by atoms with van der Waals surface area (Å²) in [6, 6.07) is 78.0. The lowest BCUT2D eigenvalue weighted by atomic mass is 9.82. The molecule has 11 aromatic rings. The standard InChI is InChI=1S/C60H42N4/c1-60(2)52-26-16-15-25-48(52)49-33-32-47(38-53(49)60)64-54-34-31-45(40-19-9-4-10-20-40)35-51(54)56-50(42-21-11-5-12-22-42)36-46(37-55(56)64)59-62-57(43-23-13-6-14-24-43)61-58(63-59)44-29-27-41(28-30-44)39-17-7-3-8-18-39/h3-38H,1-2H3. The van der Waals surface area contributed by atoms with Gasteiger partial charge in [-0.3, -0.25) is 0 Å². The largest absolute Gasteiger partial charge is 0.309 e. The second-order valence-electron chi connectivity index (χ2n) is 17.2. The van der Waals surface area contributed by atoms with Crippen LogP contribution in [0.5, 0.6) is 0 Å². The number of fused-ring (bicyclic) bond motifs is 6. The Bertz CT molecular complexity index is 3540. The molecular formula is C60H42N4. The van der Waals surface area contributed by atoms with Crippen LogP contribution in [0.2, 0.25) is 0 Å². The van der Waals surface area contributed by atoms with Crippen molar-refractivity contribution < 1.29 is 0 Å². The zero-order chi connectivity index (χ0) is 42.8. The average molecular weight is 819 g/mol. The molecule has 1 aliphatic carbocycles. The summed E-state index contributed by atoms with van der Waals surface area (Å²) < 4.78 is 2.46. The van der Waals surface area contributed by atoms with Gasteiger partial charge in [-0.25, -0.2) is 15.0 Å². The van der Waals surface area contributed by atoms with Crippen molar-refractivity contribution in [3.8, 4) is 84.4 Å². The molecule has 0 bridgehead atoms. The van der Waals surface area contributed by atoms with E-state index >= 15 is 0 Å². The smallest absolute Gasteiger partial charge is 0.164 e. The van der Waals surface area contributed by atoms with Crippen LogP contribution in [0, 0.1) is 0 Å². The molecule has 0 N–H and O–H groups in total. The minimum atomic E-state index is -0.157. The third-order valence-corrected chi connectivity index (χ3v) is 13.1. The van der Waals surface area contributed by atoms with E-state index in [1.807, 2.05) is 24.3 Å². The predicted molar refractivity (Wildman–Crippen MR) is 264 cm³/mol. The van der Waals surface area contributed by atoms with Crippen molar-refractivity contribution in [1.82, 2.24) is 19.5 Å². The lowest BCUT2D eigenvalue weighted by molar-refractivity contribution is 0.660. The highest BCUT2D eigenvalue weighted by atomic mass is 15.0. The van der Waals surface area contributed by atoms with E-state index in [2.05, 4.69) is 213 Å². The Morgan fingerprint density at radius 2 is 0.812 bits per heavy atom. The predicted octanol–water partition coefficient (Wildman–Crippen LogP) is 15.3. The van der Waals surface area contributed by atoms with Gasteiger partial charge >= 0.3 is 0 Å². The summed E-state index contributed by atoms with van der Waals surface area (Å²) in [6.07, 6.45) is 0. The van der Waals surface area contributed by atoms with Gasteiger partial charge in [-0.2, -0.15) is 0 Å². The van der Waals surface area contributed by atoms with Crippen molar-refractivity contribution in [2.24, 2.45) is 0 Å². The Labute approximate surface area is 372 Å². The molecule has 4 nitrogen and oxygen atoms in total. The first-order valence-corrected chi connectivity index (χ1v) is 21.9. The quantitative estimate of drug-likeness (QED) is 0.161. The molecule has 12 rings (SSSR count). The first kappa shape index (κ1) is 37.5. The van der Waals surface area contributed by atoms with Crippen LogP contribution in [0.15, 0.2) is 218 Å². The van der Waals surface area contributed by atoms with Gasteiger partial charge in [0, 0.05) is 38.6 Å². The maximum atomic E-state index is 5.31. The van der Waals surface area contributed by atoms with Gasteiger partial charge in [-0.05, 0) is 92.0 Å². The molecule has 0 aliphatic heterocycles. The minimum Gasteiger partial charge on any atom is -0.309 e. The first-order valence-electron chi connectivity index (χ1n) is 21.9. The summed E-state index contributed by atoms with van der Waals surface area (Å²) in [6.45, 7) is 4.70. The zero-order valence-corrected chi connectivity index (χ0v) is 35.6. The van der Waals surface area contributed by atoms with Crippen LogP contribution in [0.1, 0.15) is 25.0 Å². The summed E-state index contributed by atoms with van der Waals surface area (Å²) in [7, 11) is 0. The van der Waals surface area contributed by atoms with Crippen LogP contribution in [-0.2, 0) is 5.41 Å². The topological polar surface area (TPSA) is 43.6 Å². The lowest BCUT2D eigenvalue weighted by Crippen LogP contribution is -2.15. The minimum absolute atomic E-state index is 0.157. The number of hydrogen-bond acceptors (Lipinski definition) is 3. The first-order chi connectivity index (χ1) is 31.5. The van der Waals surface area contributed by atoms with Crippen molar-refractivity contribution in [2.45, 2.75) is 19.3 Å². The number of rotatable bonds is 7. The molecule has 1 aliphatic rings. The van der Waals surface area contributed by atoms with Gasteiger partial charge in [0.2, 0.25) is 0 Å². The SMILES string of the molecule is CC1(C)c2ccccc2-c2ccc(-n3c4ccc(-c5ccccc5)cc4c4c(-c5ccccc5)cc(-c5nc(-c6ccccc6)nc(-c6ccc(-c7ccccc7)cc6)n5)cc43)cc21. The lowest BCUT2D eigenvalue weighted by Gasteiger charge is -2.22. The Kier molecular flexibility index (Phi) is 8.80. The molecule has 0 amide bonds. The number of benzene rings is 9.